The Morgan fingerprint density at radius 3 is 2.47 bits per heavy atom. The predicted molar refractivity (Wildman–Crippen MR) is 80.3 cm³/mol. The second-order valence-electron chi connectivity index (χ2n) is 4.87. The van der Waals surface area contributed by atoms with Crippen molar-refractivity contribution >= 4 is 11.5 Å². The molecule has 0 saturated heterocycles. The Hall–Kier alpha value is -1.97. The van der Waals surface area contributed by atoms with E-state index in [1.54, 1.807) is 4.68 Å². The van der Waals surface area contributed by atoms with Gasteiger partial charge >= 0.3 is 0 Å². The van der Waals surface area contributed by atoms with Gasteiger partial charge in [-0.15, -0.1) is 0 Å². The van der Waals surface area contributed by atoms with E-state index in [9.17, 15) is 0 Å². The summed E-state index contributed by atoms with van der Waals surface area (Å²) < 4.78 is 1.75. The molecule has 0 atom stereocenters. The molecule has 0 aliphatic carbocycles. The number of nitrogen functional groups attached to an aromatic ring is 1. The molecule has 1 heterocycles. The Kier molecular flexibility index (Phi) is 3.79. The van der Waals surface area contributed by atoms with Gasteiger partial charge in [0.15, 0.2) is 0 Å². The highest BCUT2D eigenvalue weighted by Gasteiger charge is 2.15. The van der Waals surface area contributed by atoms with Gasteiger partial charge in [0.05, 0.1) is 5.69 Å². The van der Waals surface area contributed by atoms with Crippen LogP contribution in [0.3, 0.4) is 0 Å². The van der Waals surface area contributed by atoms with Crippen molar-refractivity contribution in [3.8, 4) is 0 Å². The topological polar surface area (TPSA) is 47.1 Å². The van der Waals surface area contributed by atoms with Crippen LogP contribution in [-0.4, -0.2) is 16.3 Å². The second kappa shape index (κ2) is 5.34. The van der Waals surface area contributed by atoms with Crippen LogP contribution in [0.5, 0.6) is 0 Å². The lowest BCUT2D eigenvalue weighted by Crippen LogP contribution is -2.23. The molecule has 0 unspecified atom stereocenters. The van der Waals surface area contributed by atoms with Crippen molar-refractivity contribution in [1.82, 2.24) is 9.78 Å². The van der Waals surface area contributed by atoms with Gasteiger partial charge in [0.1, 0.15) is 5.82 Å². The molecule has 4 heteroatoms. The Morgan fingerprint density at radius 2 is 1.95 bits per heavy atom. The summed E-state index contributed by atoms with van der Waals surface area (Å²) in [6, 6.07) is 8.43. The zero-order chi connectivity index (χ0) is 14.0. The summed E-state index contributed by atoms with van der Waals surface area (Å²) in [7, 11) is 1.88. The van der Waals surface area contributed by atoms with Crippen LogP contribution in [0.25, 0.3) is 0 Å². The number of nitrogens with zero attached hydrogens (tertiary/aromatic N) is 3. The van der Waals surface area contributed by atoms with Gasteiger partial charge in [0.25, 0.3) is 0 Å². The van der Waals surface area contributed by atoms with E-state index >= 15 is 0 Å². The Morgan fingerprint density at radius 1 is 1.26 bits per heavy atom. The van der Waals surface area contributed by atoms with Gasteiger partial charge in [0.2, 0.25) is 0 Å². The zero-order valence-electron chi connectivity index (χ0n) is 12.1. The number of benzene rings is 1. The Bertz CT molecular complexity index is 572. The molecule has 4 nitrogen and oxygen atoms in total. The lowest BCUT2D eigenvalue weighted by Gasteiger charge is -2.25. The van der Waals surface area contributed by atoms with Gasteiger partial charge < -0.3 is 10.6 Å². The minimum absolute atomic E-state index is 0.754. The number of aromatic nitrogens is 2. The van der Waals surface area contributed by atoms with Crippen molar-refractivity contribution in [2.75, 3.05) is 17.2 Å². The largest absolute Gasteiger partial charge is 0.384 e. The van der Waals surface area contributed by atoms with Crippen LogP contribution < -0.4 is 10.6 Å². The minimum Gasteiger partial charge on any atom is -0.384 e. The molecule has 0 bridgehead atoms. The molecule has 0 fully saturated rings. The summed E-state index contributed by atoms with van der Waals surface area (Å²) in [6.07, 6.45) is 0. The molecule has 0 amide bonds. The first-order valence-electron chi connectivity index (χ1n) is 6.63. The Balaban J connectivity index is 2.32. The van der Waals surface area contributed by atoms with E-state index in [1.807, 2.05) is 14.0 Å². The van der Waals surface area contributed by atoms with E-state index < -0.39 is 0 Å². The molecule has 0 aliphatic heterocycles. The maximum atomic E-state index is 6.10. The molecule has 19 heavy (non-hydrogen) atoms. The van der Waals surface area contributed by atoms with E-state index in [4.69, 9.17) is 5.73 Å². The van der Waals surface area contributed by atoms with Crippen molar-refractivity contribution in [2.24, 2.45) is 7.05 Å². The van der Waals surface area contributed by atoms with Crippen LogP contribution in [-0.2, 0) is 13.6 Å². The fraction of sp³-hybridized carbons (Fsp3) is 0.400. The fourth-order valence-electron chi connectivity index (χ4n) is 2.39. The fourth-order valence-corrected chi connectivity index (χ4v) is 2.39. The quantitative estimate of drug-likeness (QED) is 0.917. The molecule has 0 radical (unpaired) electrons. The molecule has 1 aromatic carbocycles. The van der Waals surface area contributed by atoms with E-state index in [0.717, 1.165) is 30.2 Å². The molecular formula is C15H22N4. The average Bonchev–Trinajstić information content (AvgIpc) is 2.63. The van der Waals surface area contributed by atoms with E-state index in [2.05, 4.69) is 48.1 Å². The second-order valence-corrected chi connectivity index (χ2v) is 4.87. The van der Waals surface area contributed by atoms with E-state index in [-0.39, 0.29) is 0 Å². The maximum absolute atomic E-state index is 6.10. The highest BCUT2D eigenvalue weighted by atomic mass is 15.3. The third kappa shape index (κ3) is 2.57. The van der Waals surface area contributed by atoms with Crippen LogP contribution in [0.15, 0.2) is 24.3 Å². The molecule has 0 spiro atoms. The number of hydrogen-bond donors (Lipinski definition) is 1. The van der Waals surface area contributed by atoms with Gasteiger partial charge in [-0.1, -0.05) is 18.2 Å². The van der Waals surface area contributed by atoms with E-state index in [0.29, 0.717) is 0 Å². The van der Waals surface area contributed by atoms with Crippen molar-refractivity contribution in [3.63, 3.8) is 0 Å². The van der Waals surface area contributed by atoms with Gasteiger partial charge in [-0.2, -0.15) is 5.10 Å². The third-order valence-electron chi connectivity index (χ3n) is 3.58. The normalized spacial score (nSPS) is 10.7. The maximum Gasteiger partial charge on any atom is 0.126 e. The molecular weight excluding hydrogens is 236 g/mol. The number of hydrogen-bond acceptors (Lipinski definition) is 3. The lowest BCUT2D eigenvalue weighted by molar-refractivity contribution is 0.767. The number of rotatable bonds is 4. The van der Waals surface area contributed by atoms with Crippen LogP contribution in [0.1, 0.15) is 23.7 Å². The number of anilines is 2. The van der Waals surface area contributed by atoms with Gasteiger partial charge in [-0.3, -0.25) is 4.68 Å². The van der Waals surface area contributed by atoms with Crippen molar-refractivity contribution in [1.29, 1.82) is 0 Å². The molecule has 2 rings (SSSR count). The van der Waals surface area contributed by atoms with Crippen LogP contribution in [0, 0.1) is 13.8 Å². The number of aryl methyl sites for hydroxylation is 3. The molecule has 1 aromatic heterocycles. The van der Waals surface area contributed by atoms with Gasteiger partial charge in [-0.05, 0) is 32.4 Å². The van der Waals surface area contributed by atoms with Crippen molar-refractivity contribution < 1.29 is 0 Å². The molecule has 2 N–H and O–H groups in total. The van der Waals surface area contributed by atoms with Gasteiger partial charge in [-0.25, -0.2) is 0 Å². The summed E-state index contributed by atoms with van der Waals surface area (Å²) >= 11 is 0. The highest BCUT2D eigenvalue weighted by Crippen LogP contribution is 2.24. The first kappa shape index (κ1) is 13.5. The number of nitrogens with two attached hydrogens (primary N) is 1. The first-order chi connectivity index (χ1) is 9.04. The first-order valence-corrected chi connectivity index (χ1v) is 6.63. The van der Waals surface area contributed by atoms with Gasteiger partial charge in [0, 0.05) is 31.4 Å². The SMILES string of the molecule is CCN(Cc1c(C)nn(C)c1N)c1ccccc1C. The summed E-state index contributed by atoms with van der Waals surface area (Å²) in [6.45, 7) is 8.05. The third-order valence-corrected chi connectivity index (χ3v) is 3.58. The van der Waals surface area contributed by atoms with Crippen molar-refractivity contribution in [2.45, 2.75) is 27.3 Å². The summed E-state index contributed by atoms with van der Waals surface area (Å²) in [5, 5.41) is 4.38. The number of para-hydroxylation sites is 1. The van der Waals surface area contributed by atoms with Crippen LogP contribution >= 0.6 is 0 Å². The zero-order valence-corrected chi connectivity index (χ0v) is 12.1. The molecule has 0 saturated carbocycles. The van der Waals surface area contributed by atoms with Crippen LogP contribution in [0.4, 0.5) is 11.5 Å². The van der Waals surface area contributed by atoms with Crippen LogP contribution in [0.2, 0.25) is 0 Å². The summed E-state index contributed by atoms with van der Waals surface area (Å²) in [5.74, 6) is 0.754. The standard InChI is InChI=1S/C15H22N4/c1-5-19(14-9-7-6-8-11(14)2)10-13-12(3)17-18(4)15(13)16/h6-9H,5,10,16H2,1-4H3. The predicted octanol–water partition coefficient (Wildman–Crippen LogP) is 2.65. The summed E-state index contributed by atoms with van der Waals surface area (Å²) in [5.41, 5.74) is 10.8. The lowest BCUT2D eigenvalue weighted by atomic mass is 10.1. The molecule has 0 aliphatic rings. The summed E-state index contributed by atoms with van der Waals surface area (Å²) in [4.78, 5) is 2.33. The molecule has 2 aromatic rings. The van der Waals surface area contributed by atoms with Crippen molar-refractivity contribution in [3.05, 3.63) is 41.1 Å². The smallest absolute Gasteiger partial charge is 0.126 e. The monoisotopic (exact) mass is 258 g/mol. The molecule has 102 valence electrons. The average molecular weight is 258 g/mol. The Labute approximate surface area is 114 Å². The van der Waals surface area contributed by atoms with E-state index in [1.165, 1.54) is 11.3 Å². The minimum atomic E-state index is 0.754. The highest BCUT2D eigenvalue weighted by molar-refractivity contribution is 5.55.